The first-order valence-corrected chi connectivity index (χ1v) is 11.5. The van der Waals surface area contributed by atoms with Crippen molar-refractivity contribution in [3.63, 3.8) is 0 Å². The molecule has 3 fully saturated rings. The van der Waals surface area contributed by atoms with Gasteiger partial charge < -0.3 is 10.2 Å². The van der Waals surface area contributed by atoms with E-state index in [2.05, 4.69) is 5.32 Å². The van der Waals surface area contributed by atoms with Crippen molar-refractivity contribution in [2.75, 3.05) is 19.6 Å². The third-order valence-electron chi connectivity index (χ3n) is 7.27. The summed E-state index contributed by atoms with van der Waals surface area (Å²) in [5.41, 5.74) is -0.0264. The molecule has 2 saturated heterocycles. The predicted octanol–water partition coefficient (Wildman–Crippen LogP) is 2.87. The molecule has 0 unspecified atom stereocenters. The van der Waals surface area contributed by atoms with E-state index in [0.29, 0.717) is 12.3 Å². The molecule has 2 aliphatic heterocycles. The molecule has 4 aliphatic rings. The molecule has 0 aromatic carbocycles. The zero-order valence-electron chi connectivity index (χ0n) is 16.1. The molecule has 2 aliphatic carbocycles. The average Bonchev–Trinajstić information content (AvgIpc) is 3.28. The van der Waals surface area contributed by atoms with Gasteiger partial charge in [0, 0.05) is 23.5 Å². The number of hydrogen-bond donors (Lipinski definition) is 1. The van der Waals surface area contributed by atoms with Crippen LogP contribution >= 0.6 is 11.3 Å². The van der Waals surface area contributed by atoms with Crippen molar-refractivity contribution in [1.29, 1.82) is 0 Å². The summed E-state index contributed by atoms with van der Waals surface area (Å²) in [5.74, 6) is 0.994. The Labute approximate surface area is 169 Å². The van der Waals surface area contributed by atoms with Gasteiger partial charge in [0.05, 0.1) is 0 Å². The first kappa shape index (κ1) is 18.2. The maximum absolute atomic E-state index is 13.3. The fraction of sp³-hybridized carbons (Fsp3) is 0.667. The van der Waals surface area contributed by atoms with Crippen LogP contribution in [-0.2, 0) is 21.5 Å². The molecule has 4 amide bonds. The second-order valence-corrected chi connectivity index (χ2v) is 9.77. The number of amides is 4. The zero-order valence-corrected chi connectivity index (χ0v) is 16.9. The van der Waals surface area contributed by atoms with Gasteiger partial charge in [-0.1, -0.05) is 19.3 Å². The van der Waals surface area contributed by atoms with Crippen molar-refractivity contribution < 1.29 is 14.4 Å². The predicted molar refractivity (Wildman–Crippen MR) is 106 cm³/mol. The molecule has 150 valence electrons. The molecular formula is C21H27N3O3S. The molecule has 1 aromatic heterocycles. The fourth-order valence-electron chi connectivity index (χ4n) is 5.75. The van der Waals surface area contributed by atoms with E-state index >= 15 is 0 Å². The topological polar surface area (TPSA) is 69.7 Å². The molecular weight excluding hydrogens is 374 g/mol. The summed E-state index contributed by atoms with van der Waals surface area (Å²) >= 11 is 1.64. The Morgan fingerprint density at radius 2 is 2.00 bits per heavy atom. The highest BCUT2D eigenvalue weighted by molar-refractivity contribution is 7.10. The number of carbonyl (C=O) groups excluding carboxylic acids is 3. The van der Waals surface area contributed by atoms with Crippen LogP contribution < -0.4 is 5.32 Å². The zero-order chi connectivity index (χ0) is 19.3. The van der Waals surface area contributed by atoms with Crippen molar-refractivity contribution in [3.8, 4) is 0 Å². The number of imide groups is 1. The summed E-state index contributed by atoms with van der Waals surface area (Å²) in [7, 11) is 0. The van der Waals surface area contributed by atoms with Gasteiger partial charge in [-0.05, 0) is 55.4 Å². The van der Waals surface area contributed by atoms with Crippen LogP contribution in [0.4, 0.5) is 4.79 Å². The van der Waals surface area contributed by atoms with Gasteiger partial charge in [0.25, 0.3) is 5.91 Å². The molecule has 0 bridgehead atoms. The smallest absolute Gasteiger partial charge is 0.325 e. The summed E-state index contributed by atoms with van der Waals surface area (Å²) in [6, 6.07) is 1.53. The Morgan fingerprint density at radius 1 is 1.18 bits per heavy atom. The van der Waals surface area contributed by atoms with Crippen molar-refractivity contribution in [2.45, 2.75) is 56.9 Å². The molecule has 1 saturated carbocycles. The minimum absolute atomic E-state index is 0.0917. The number of carbonyl (C=O) groups is 3. The van der Waals surface area contributed by atoms with Gasteiger partial charge in [-0.3, -0.25) is 14.5 Å². The first-order valence-electron chi connectivity index (χ1n) is 10.6. The number of hydrogen-bond acceptors (Lipinski definition) is 4. The number of thiophene rings is 1. The van der Waals surface area contributed by atoms with Gasteiger partial charge in [0.15, 0.2) is 0 Å². The largest absolute Gasteiger partial charge is 0.341 e. The second-order valence-electron chi connectivity index (χ2n) is 8.77. The minimum Gasteiger partial charge on any atom is -0.341 e. The van der Waals surface area contributed by atoms with Crippen LogP contribution in [0, 0.1) is 11.8 Å². The van der Waals surface area contributed by atoms with Gasteiger partial charge in [-0.2, -0.15) is 0 Å². The highest BCUT2D eigenvalue weighted by Gasteiger charge is 2.54. The Hall–Kier alpha value is -1.89. The molecule has 6 nitrogen and oxygen atoms in total. The minimum atomic E-state index is -0.957. The van der Waals surface area contributed by atoms with E-state index in [1.165, 1.54) is 30.6 Å². The summed E-state index contributed by atoms with van der Waals surface area (Å²) in [5, 5.41) is 4.92. The van der Waals surface area contributed by atoms with Gasteiger partial charge >= 0.3 is 6.03 Å². The molecule has 28 heavy (non-hydrogen) atoms. The van der Waals surface area contributed by atoms with Crippen LogP contribution in [0.25, 0.3) is 0 Å². The number of fused-ring (bicyclic) bond motifs is 3. The van der Waals surface area contributed by atoms with Crippen molar-refractivity contribution in [1.82, 2.24) is 15.1 Å². The number of nitrogens with zero attached hydrogens (tertiary/aromatic N) is 2. The lowest BCUT2D eigenvalue weighted by atomic mass is 9.75. The molecule has 1 spiro atoms. The molecule has 1 N–H and O–H groups in total. The molecule has 3 atom stereocenters. The lowest BCUT2D eigenvalue weighted by Crippen LogP contribution is -2.50. The first-order chi connectivity index (χ1) is 13.6. The van der Waals surface area contributed by atoms with E-state index in [4.69, 9.17) is 0 Å². The Kier molecular flexibility index (Phi) is 4.45. The SMILES string of the molecule is O=C(CN1C(=O)N[C@]2(CCCc3sccc32)C1=O)N1CC[C@H]2CCCC[C@@H]2C1. The standard InChI is InChI=1S/C21H27N3O3S/c25-18(23-10-7-14-4-1-2-5-15(14)12-23)13-24-19(26)21(22-20(24)27)9-3-6-17-16(21)8-11-28-17/h8,11,14-15H,1-7,9-10,12-13H2,(H,22,27)/t14-,15-,21+/m1/s1. The van der Waals surface area contributed by atoms with E-state index in [0.717, 1.165) is 48.7 Å². The van der Waals surface area contributed by atoms with E-state index in [-0.39, 0.29) is 18.4 Å². The third-order valence-corrected chi connectivity index (χ3v) is 8.25. The van der Waals surface area contributed by atoms with Crippen molar-refractivity contribution >= 4 is 29.2 Å². The van der Waals surface area contributed by atoms with Gasteiger partial charge in [0.2, 0.25) is 5.91 Å². The number of aryl methyl sites for hydroxylation is 1. The number of urea groups is 1. The summed E-state index contributed by atoms with van der Waals surface area (Å²) in [4.78, 5) is 43.1. The Balaban J connectivity index is 1.30. The summed E-state index contributed by atoms with van der Waals surface area (Å²) in [6.45, 7) is 1.40. The van der Waals surface area contributed by atoms with Crippen molar-refractivity contribution in [3.05, 3.63) is 21.9 Å². The fourth-order valence-corrected chi connectivity index (χ4v) is 6.75. The van der Waals surface area contributed by atoms with Crippen LogP contribution in [-0.4, -0.2) is 47.3 Å². The van der Waals surface area contributed by atoms with Gasteiger partial charge in [-0.25, -0.2) is 4.79 Å². The van der Waals surface area contributed by atoms with E-state index < -0.39 is 11.6 Å². The highest BCUT2D eigenvalue weighted by Crippen LogP contribution is 2.42. The molecule has 7 heteroatoms. The van der Waals surface area contributed by atoms with Crippen LogP contribution in [0.3, 0.4) is 0 Å². The van der Waals surface area contributed by atoms with Gasteiger partial charge in [-0.15, -0.1) is 11.3 Å². The van der Waals surface area contributed by atoms with E-state index in [1.807, 2.05) is 16.3 Å². The molecule has 1 aromatic rings. The van der Waals surface area contributed by atoms with Crippen LogP contribution in [0.1, 0.15) is 55.4 Å². The Bertz CT molecular complexity index is 822. The third kappa shape index (κ3) is 2.78. The van der Waals surface area contributed by atoms with Crippen LogP contribution in [0.5, 0.6) is 0 Å². The summed E-state index contributed by atoms with van der Waals surface area (Å²) in [6.07, 6.45) is 8.53. The van der Waals surface area contributed by atoms with Gasteiger partial charge in [0.1, 0.15) is 12.1 Å². The van der Waals surface area contributed by atoms with Crippen LogP contribution in [0.2, 0.25) is 0 Å². The lowest BCUT2D eigenvalue weighted by molar-refractivity contribution is -0.141. The lowest BCUT2D eigenvalue weighted by Gasteiger charge is -2.41. The molecule has 3 heterocycles. The summed E-state index contributed by atoms with van der Waals surface area (Å²) < 4.78 is 0. The maximum atomic E-state index is 13.3. The van der Waals surface area contributed by atoms with Crippen molar-refractivity contribution in [2.24, 2.45) is 11.8 Å². The van der Waals surface area contributed by atoms with E-state index in [1.54, 1.807) is 11.3 Å². The number of piperidine rings is 1. The quantitative estimate of drug-likeness (QED) is 0.775. The molecule has 5 rings (SSSR count). The second kappa shape index (κ2) is 6.87. The normalized spacial score (nSPS) is 32.3. The van der Waals surface area contributed by atoms with Crippen LogP contribution in [0.15, 0.2) is 11.4 Å². The Morgan fingerprint density at radius 3 is 2.86 bits per heavy atom. The van der Waals surface area contributed by atoms with E-state index in [9.17, 15) is 14.4 Å². The monoisotopic (exact) mass is 401 g/mol. The molecule has 0 radical (unpaired) electrons. The maximum Gasteiger partial charge on any atom is 0.325 e. The highest BCUT2D eigenvalue weighted by atomic mass is 32.1. The number of rotatable bonds is 2. The number of nitrogens with one attached hydrogen (secondary N) is 1. The number of likely N-dealkylation sites (tertiary alicyclic amines) is 1. The average molecular weight is 402 g/mol.